The van der Waals surface area contributed by atoms with Gasteiger partial charge in [0.25, 0.3) is 0 Å². The topological polar surface area (TPSA) is 49.3 Å². The predicted molar refractivity (Wildman–Crippen MR) is 99.5 cm³/mol. The first-order valence-electron chi connectivity index (χ1n) is 8.18. The standard InChI is InChI=1S/C21H25NO2/c1-16(2)21(14-13-20(23)24,15-17-9-5-4-6-10-17)18-11-7-8-12-19(18)22-3/h4-12,22H,1,13-15H2,2-3H3,(H,23,24). The van der Waals surface area contributed by atoms with Crippen molar-refractivity contribution in [3.8, 4) is 0 Å². The van der Waals surface area contributed by atoms with Crippen LogP contribution in [0.5, 0.6) is 0 Å². The lowest BCUT2D eigenvalue weighted by atomic mass is 9.67. The molecule has 0 aliphatic heterocycles. The molecule has 1 unspecified atom stereocenters. The van der Waals surface area contributed by atoms with Gasteiger partial charge in [-0.05, 0) is 37.0 Å². The SMILES string of the molecule is C=C(C)C(CCC(=O)O)(Cc1ccccc1)c1ccccc1NC. The molecule has 0 spiro atoms. The summed E-state index contributed by atoms with van der Waals surface area (Å²) < 4.78 is 0. The Kier molecular flexibility index (Phi) is 5.80. The number of carbonyl (C=O) groups is 1. The van der Waals surface area contributed by atoms with Crippen molar-refractivity contribution in [3.63, 3.8) is 0 Å². The minimum absolute atomic E-state index is 0.109. The zero-order valence-electron chi connectivity index (χ0n) is 14.4. The fourth-order valence-electron chi connectivity index (χ4n) is 3.30. The molecule has 2 rings (SSSR count). The second-order valence-electron chi connectivity index (χ2n) is 6.21. The summed E-state index contributed by atoms with van der Waals surface area (Å²) >= 11 is 0. The number of carboxylic acid groups (broad SMARTS) is 1. The molecule has 3 heteroatoms. The van der Waals surface area contributed by atoms with E-state index in [0.29, 0.717) is 6.42 Å². The van der Waals surface area contributed by atoms with Gasteiger partial charge in [-0.15, -0.1) is 0 Å². The zero-order valence-corrected chi connectivity index (χ0v) is 14.4. The van der Waals surface area contributed by atoms with E-state index in [1.165, 1.54) is 5.56 Å². The lowest BCUT2D eigenvalue weighted by molar-refractivity contribution is -0.137. The van der Waals surface area contributed by atoms with Crippen molar-refractivity contribution in [2.75, 3.05) is 12.4 Å². The molecular weight excluding hydrogens is 298 g/mol. The van der Waals surface area contributed by atoms with Gasteiger partial charge >= 0.3 is 5.97 Å². The van der Waals surface area contributed by atoms with E-state index in [4.69, 9.17) is 0 Å². The highest BCUT2D eigenvalue weighted by molar-refractivity contribution is 5.67. The van der Waals surface area contributed by atoms with Gasteiger partial charge in [0.1, 0.15) is 0 Å². The number of hydrogen-bond acceptors (Lipinski definition) is 2. The van der Waals surface area contributed by atoms with Crippen LogP contribution in [0, 0.1) is 0 Å². The maximum atomic E-state index is 11.3. The largest absolute Gasteiger partial charge is 0.481 e. The monoisotopic (exact) mass is 323 g/mol. The Morgan fingerprint density at radius 1 is 1.12 bits per heavy atom. The maximum Gasteiger partial charge on any atom is 0.303 e. The summed E-state index contributed by atoms with van der Waals surface area (Å²) in [6, 6.07) is 18.3. The van der Waals surface area contributed by atoms with Gasteiger partial charge in [-0.1, -0.05) is 60.7 Å². The molecule has 1 atom stereocenters. The number of rotatable bonds is 8. The summed E-state index contributed by atoms with van der Waals surface area (Å²) in [5.41, 5.74) is 3.86. The lowest BCUT2D eigenvalue weighted by Crippen LogP contribution is -2.32. The molecule has 0 fully saturated rings. The van der Waals surface area contributed by atoms with Crippen molar-refractivity contribution in [1.82, 2.24) is 0 Å². The number of nitrogens with one attached hydrogen (secondary N) is 1. The first-order chi connectivity index (χ1) is 11.5. The van der Waals surface area contributed by atoms with E-state index in [1.54, 1.807) is 0 Å². The molecule has 0 bridgehead atoms. The van der Waals surface area contributed by atoms with Crippen LogP contribution >= 0.6 is 0 Å². The zero-order chi connectivity index (χ0) is 17.6. The summed E-state index contributed by atoms with van der Waals surface area (Å²) in [4.78, 5) is 11.3. The predicted octanol–water partition coefficient (Wildman–Crippen LogP) is 4.65. The van der Waals surface area contributed by atoms with Gasteiger partial charge in [-0.25, -0.2) is 0 Å². The molecule has 126 valence electrons. The number of hydrogen-bond donors (Lipinski definition) is 2. The van der Waals surface area contributed by atoms with Gasteiger partial charge in [0.15, 0.2) is 0 Å². The maximum absolute atomic E-state index is 11.3. The third-order valence-electron chi connectivity index (χ3n) is 4.64. The number of benzene rings is 2. The molecule has 2 aromatic rings. The van der Waals surface area contributed by atoms with Crippen molar-refractivity contribution in [3.05, 3.63) is 77.9 Å². The Labute approximate surface area is 144 Å². The first kappa shape index (κ1) is 17.8. The Morgan fingerprint density at radius 3 is 2.33 bits per heavy atom. The third-order valence-corrected chi connectivity index (χ3v) is 4.64. The number of aliphatic carboxylic acids is 1. The third kappa shape index (κ3) is 3.85. The lowest BCUT2D eigenvalue weighted by Gasteiger charge is -2.37. The van der Waals surface area contributed by atoms with E-state index in [2.05, 4.69) is 30.1 Å². The molecule has 0 aliphatic rings. The normalized spacial score (nSPS) is 13.1. The molecule has 24 heavy (non-hydrogen) atoms. The molecule has 2 N–H and O–H groups in total. The van der Waals surface area contributed by atoms with E-state index in [1.807, 2.05) is 50.4 Å². The molecule has 0 saturated carbocycles. The van der Waals surface area contributed by atoms with E-state index in [-0.39, 0.29) is 6.42 Å². The van der Waals surface area contributed by atoms with Crippen LogP contribution in [-0.2, 0) is 16.6 Å². The second-order valence-corrected chi connectivity index (χ2v) is 6.21. The number of anilines is 1. The molecule has 0 heterocycles. The van der Waals surface area contributed by atoms with Crippen molar-refractivity contribution >= 4 is 11.7 Å². The van der Waals surface area contributed by atoms with Gasteiger partial charge < -0.3 is 10.4 Å². The van der Waals surface area contributed by atoms with Crippen LogP contribution in [-0.4, -0.2) is 18.1 Å². The fraction of sp³-hybridized carbons (Fsp3) is 0.286. The highest BCUT2D eigenvalue weighted by Crippen LogP contribution is 2.42. The van der Waals surface area contributed by atoms with Crippen LogP contribution in [0.25, 0.3) is 0 Å². The number of allylic oxidation sites excluding steroid dienone is 1. The molecule has 0 radical (unpaired) electrons. The number of para-hydroxylation sites is 1. The van der Waals surface area contributed by atoms with Crippen LogP contribution < -0.4 is 5.32 Å². The smallest absolute Gasteiger partial charge is 0.303 e. The summed E-state index contributed by atoms with van der Waals surface area (Å²) in [6.07, 6.45) is 1.36. The molecule has 0 aliphatic carbocycles. The number of carboxylic acids is 1. The van der Waals surface area contributed by atoms with E-state index in [0.717, 1.165) is 23.2 Å². The van der Waals surface area contributed by atoms with Crippen molar-refractivity contribution in [2.24, 2.45) is 0 Å². The van der Waals surface area contributed by atoms with Crippen LogP contribution in [0.15, 0.2) is 66.7 Å². The molecule has 0 aromatic heterocycles. The van der Waals surface area contributed by atoms with Gasteiger partial charge in [0.05, 0.1) is 0 Å². The van der Waals surface area contributed by atoms with E-state index in [9.17, 15) is 9.90 Å². The Balaban J connectivity index is 2.56. The van der Waals surface area contributed by atoms with Gasteiger partial charge in [-0.2, -0.15) is 0 Å². The minimum Gasteiger partial charge on any atom is -0.481 e. The van der Waals surface area contributed by atoms with Gasteiger partial charge in [0.2, 0.25) is 0 Å². The highest BCUT2D eigenvalue weighted by Gasteiger charge is 2.35. The molecular formula is C21H25NO2. The van der Waals surface area contributed by atoms with Crippen LogP contribution in [0.4, 0.5) is 5.69 Å². The summed E-state index contributed by atoms with van der Waals surface area (Å²) in [5.74, 6) is -0.782. The molecule has 0 amide bonds. The average Bonchev–Trinajstić information content (AvgIpc) is 2.59. The second kappa shape index (κ2) is 7.82. The van der Waals surface area contributed by atoms with E-state index < -0.39 is 11.4 Å². The molecule has 3 nitrogen and oxygen atoms in total. The van der Waals surface area contributed by atoms with Crippen molar-refractivity contribution in [1.29, 1.82) is 0 Å². The highest BCUT2D eigenvalue weighted by atomic mass is 16.4. The average molecular weight is 323 g/mol. The van der Waals surface area contributed by atoms with Crippen molar-refractivity contribution < 1.29 is 9.90 Å². The Hall–Kier alpha value is -2.55. The van der Waals surface area contributed by atoms with Crippen molar-refractivity contribution in [2.45, 2.75) is 31.6 Å². The fourth-order valence-corrected chi connectivity index (χ4v) is 3.30. The molecule has 2 aromatic carbocycles. The van der Waals surface area contributed by atoms with Crippen LogP contribution in [0.2, 0.25) is 0 Å². The van der Waals surface area contributed by atoms with Crippen LogP contribution in [0.1, 0.15) is 30.9 Å². The summed E-state index contributed by atoms with van der Waals surface area (Å²) in [5, 5.41) is 12.5. The van der Waals surface area contributed by atoms with Gasteiger partial charge in [0, 0.05) is 24.6 Å². The summed E-state index contributed by atoms with van der Waals surface area (Å²) in [6.45, 7) is 6.23. The van der Waals surface area contributed by atoms with Gasteiger partial charge in [-0.3, -0.25) is 4.79 Å². The Bertz CT molecular complexity index is 709. The minimum atomic E-state index is -0.782. The van der Waals surface area contributed by atoms with E-state index >= 15 is 0 Å². The summed E-state index contributed by atoms with van der Waals surface area (Å²) in [7, 11) is 1.89. The Morgan fingerprint density at radius 2 is 1.75 bits per heavy atom. The first-order valence-corrected chi connectivity index (χ1v) is 8.18. The molecule has 0 saturated heterocycles. The quantitative estimate of drug-likeness (QED) is 0.695. The van der Waals surface area contributed by atoms with Crippen LogP contribution in [0.3, 0.4) is 0 Å².